The molecule has 0 radical (unpaired) electrons. The van der Waals surface area contributed by atoms with Gasteiger partial charge in [0.25, 0.3) is 0 Å². The lowest BCUT2D eigenvalue weighted by Crippen LogP contribution is -2.33. The highest BCUT2D eigenvalue weighted by Crippen LogP contribution is 2.43. The monoisotopic (exact) mass is 297 g/mol. The number of hydrogen-bond donors (Lipinski definition) is 1. The molecule has 120 valence electrons. The van der Waals surface area contributed by atoms with Crippen molar-refractivity contribution in [3.63, 3.8) is 0 Å². The van der Waals surface area contributed by atoms with Gasteiger partial charge in [0.05, 0.1) is 0 Å². The Hall–Kier alpha value is -1.24. The van der Waals surface area contributed by atoms with Gasteiger partial charge in [0.15, 0.2) is 0 Å². The Bertz CT molecular complexity index is 527. The molecule has 1 nitrogen and oxygen atoms in total. The van der Waals surface area contributed by atoms with Crippen LogP contribution in [0.2, 0.25) is 0 Å². The molecule has 4 unspecified atom stereocenters. The second kappa shape index (κ2) is 6.10. The maximum Gasteiger partial charge on any atom is 0.0219 e. The highest BCUT2D eigenvalue weighted by atomic mass is 14.8. The van der Waals surface area contributed by atoms with E-state index in [9.17, 15) is 0 Å². The molecule has 0 saturated carbocycles. The molecule has 1 aliphatic heterocycles. The van der Waals surface area contributed by atoms with Crippen molar-refractivity contribution in [2.45, 2.75) is 47.0 Å². The lowest BCUT2D eigenvalue weighted by Gasteiger charge is -2.38. The Morgan fingerprint density at radius 2 is 2.00 bits per heavy atom. The summed E-state index contributed by atoms with van der Waals surface area (Å²) < 4.78 is 0. The van der Waals surface area contributed by atoms with Gasteiger partial charge >= 0.3 is 0 Å². The first-order chi connectivity index (χ1) is 10.5. The molecular weight excluding hydrogens is 266 g/mol. The van der Waals surface area contributed by atoms with Crippen LogP contribution in [0.15, 0.2) is 47.7 Å². The van der Waals surface area contributed by atoms with E-state index < -0.39 is 0 Å². The van der Waals surface area contributed by atoms with Crippen LogP contribution in [0.1, 0.15) is 47.0 Å². The van der Waals surface area contributed by atoms with Gasteiger partial charge in [-0.05, 0) is 53.9 Å². The minimum absolute atomic E-state index is 0.446. The molecule has 1 N–H and O–H groups in total. The fourth-order valence-corrected chi connectivity index (χ4v) is 4.11. The first kappa shape index (κ1) is 15.6. The fourth-order valence-electron chi connectivity index (χ4n) is 4.11. The average Bonchev–Trinajstić information content (AvgIpc) is 2.51. The number of rotatable bonds is 3. The van der Waals surface area contributed by atoms with Crippen molar-refractivity contribution in [3.8, 4) is 0 Å². The zero-order chi connectivity index (χ0) is 15.7. The summed E-state index contributed by atoms with van der Waals surface area (Å²) in [5, 5.41) is 3.42. The molecular formula is C21H31N. The van der Waals surface area contributed by atoms with Gasteiger partial charge in [-0.1, -0.05) is 58.1 Å². The summed E-state index contributed by atoms with van der Waals surface area (Å²) in [7, 11) is 0. The largest absolute Gasteiger partial charge is 0.390 e. The van der Waals surface area contributed by atoms with Crippen molar-refractivity contribution in [1.82, 2.24) is 5.32 Å². The van der Waals surface area contributed by atoms with E-state index in [0.29, 0.717) is 23.2 Å². The number of nitrogens with one attached hydrogen (secondary N) is 1. The Morgan fingerprint density at radius 1 is 1.18 bits per heavy atom. The Balaban J connectivity index is 1.77. The lowest BCUT2D eigenvalue weighted by atomic mass is 9.68. The molecule has 4 atom stereocenters. The van der Waals surface area contributed by atoms with Gasteiger partial charge < -0.3 is 5.32 Å². The van der Waals surface area contributed by atoms with E-state index in [0.717, 1.165) is 12.5 Å². The topological polar surface area (TPSA) is 12.0 Å². The van der Waals surface area contributed by atoms with E-state index in [4.69, 9.17) is 0 Å². The molecule has 22 heavy (non-hydrogen) atoms. The predicted octanol–water partition coefficient (Wildman–Crippen LogP) is 5.24. The molecule has 0 bridgehead atoms. The van der Waals surface area contributed by atoms with Crippen molar-refractivity contribution in [1.29, 1.82) is 0 Å². The van der Waals surface area contributed by atoms with E-state index in [1.807, 2.05) is 0 Å². The van der Waals surface area contributed by atoms with Crippen LogP contribution in [-0.4, -0.2) is 6.54 Å². The molecule has 3 rings (SSSR count). The van der Waals surface area contributed by atoms with E-state index >= 15 is 0 Å². The van der Waals surface area contributed by atoms with Crippen LogP contribution >= 0.6 is 0 Å². The molecule has 3 aliphatic rings. The first-order valence-corrected chi connectivity index (χ1v) is 8.94. The first-order valence-electron chi connectivity index (χ1n) is 8.94. The molecule has 0 spiro atoms. The summed E-state index contributed by atoms with van der Waals surface area (Å²) in [6.45, 7) is 10.6. The number of fused-ring (bicyclic) bond motifs is 2. The van der Waals surface area contributed by atoms with Crippen LogP contribution in [0.25, 0.3) is 0 Å². The summed E-state index contributed by atoms with van der Waals surface area (Å²) in [6, 6.07) is 0. The summed E-state index contributed by atoms with van der Waals surface area (Å²) >= 11 is 0. The zero-order valence-electron chi connectivity index (χ0n) is 14.6. The van der Waals surface area contributed by atoms with Gasteiger partial charge in [-0.15, -0.1) is 0 Å². The van der Waals surface area contributed by atoms with Gasteiger partial charge in [0.1, 0.15) is 0 Å². The number of allylic oxidation sites excluding steroid dienone is 6. The van der Waals surface area contributed by atoms with Crippen molar-refractivity contribution >= 4 is 0 Å². The Labute approximate surface area is 136 Å². The molecule has 2 aliphatic carbocycles. The average molecular weight is 297 g/mol. The van der Waals surface area contributed by atoms with E-state index in [-0.39, 0.29) is 0 Å². The molecule has 1 heteroatoms. The van der Waals surface area contributed by atoms with Crippen molar-refractivity contribution < 1.29 is 0 Å². The van der Waals surface area contributed by atoms with Gasteiger partial charge in [0, 0.05) is 18.4 Å². The second-order valence-corrected chi connectivity index (χ2v) is 8.54. The van der Waals surface area contributed by atoms with Crippen LogP contribution in [0.3, 0.4) is 0 Å². The van der Waals surface area contributed by atoms with Gasteiger partial charge in [0.2, 0.25) is 0 Å². The van der Waals surface area contributed by atoms with Gasteiger partial charge in [-0.25, -0.2) is 0 Å². The smallest absolute Gasteiger partial charge is 0.0219 e. The number of hydrogen-bond acceptors (Lipinski definition) is 1. The van der Waals surface area contributed by atoms with Crippen LogP contribution < -0.4 is 5.32 Å². The highest BCUT2D eigenvalue weighted by Gasteiger charge is 2.33. The molecule has 0 aromatic rings. The maximum absolute atomic E-state index is 3.42. The van der Waals surface area contributed by atoms with Crippen molar-refractivity contribution in [2.75, 3.05) is 6.54 Å². The van der Waals surface area contributed by atoms with Crippen molar-refractivity contribution in [3.05, 3.63) is 47.7 Å². The normalized spacial score (nSPS) is 31.5. The van der Waals surface area contributed by atoms with Gasteiger partial charge in [-0.3, -0.25) is 0 Å². The molecule has 0 aromatic carbocycles. The third-order valence-corrected chi connectivity index (χ3v) is 5.59. The van der Waals surface area contributed by atoms with Gasteiger partial charge in [-0.2, -0.15) is 0 Å². The SMILES string of the molecule is CC(CCC(C)(C)C)C1CC=CC2=C1C=CC1C=CNCC21. The van der Waals surface area contributed by atoms with Crippen molar-refractivity contribution in [2.24, 2.45) is 29.1 Å². The molecule has 0 saturated heterocycles. The minimum Gasteiger partial charge on any atom is -0.390 e. The van der Waals surface area contributed by atoms with E-state index in [1.165, 1.54) is 19.3 Å². The summed E-state index contributed by atoms with van der Waals surface area (Å²) in [4.78, 5) is 0. The fraction of sp³-hybridized carbons (Fsp3) is 0.619. The maximum atomic E-state index is 3.42. The molecule has 1 heterocycles. The van der Waals surface area contributed by atoms with Crippen LogP contribution in [-0.2, 0) is 0 Å². The van der Waals surface area contributed by atoms with E-state index in [2.05, 4.69) is 69.6 Å². The molecule has 0 fully saturated rings. The minimum atomic E-state index is 0.446. The van der Waals surface area contributed by atoms with Crippen LogP contribution in [0.5, 0.6) is 0 Å². The summed E-state index contributed by atoms with van der Waals surface area (Å²) in [5.41, 5.74) is 3.67. The summed E-state index contributed by atoms with van der Waals surface area (Å²) in [6.07, 6.45) is 18.0. The second-order valence-electron chi connectivity index (χ2n) is 8.54. The van der Waals surface area contributed by atoms with Crippen LogP contribution in [0, 0.1) is 29.1 Å². The third-order valence-electron chi connectivity index (χ3n) is 5.59. The van der Waals surface area contributed by atoms with E-state index in [1.54, 1.807) is 11.1 Å². The molecule has 0 amide bonds. The predicted molar refractivity (Wildman–Crippen MR) is 95.4 cm³/mol. The Kier molecular flexibility index (Phi) is 4.34. The quantitative estimate of drug-likeness (QED) is 0.751. The molecule has 0 aromatic heterocycles. The summed E-state index contributed by atoms with van der Waals surface area (Å²) in [5.74, 6) is 2.71. The standard InChI is InChI=1S/C21H31N/c1-15(10-12-21(2,3)4)17-6-5-7-18-19(17)9-8-16-11-13-22-14-20(16)18/h5,7-9,11,13,15-17,20,22H,6,10,12,14H2,1-4H3. The Morgan fingerprint density at radius 3 is 2.77 bits per heavy atom. The third kappa shape index (κ3) is 3.24. The highest BCUT2D eigenvalue weighted by molar-refractivity contribution is 5.45. The zero-order valence-corrected chi connectivity index (χ0v) is 14.6. The lowest BCUT2D eigenvalue weighted by molar-refractivity contribution is 0.291. The van der Waals surface area contributed by atoms with Crippen LogP contribution in [0.4, 0.5) is 0 Å².